The fraction of sp³-hybridized carbons (Fsp3) is 0.154. The molecule has 1 aromatic heterocycles. The molecule has 0 aliphatic rings. The van der Waals surface area contributed by atoms with Crippen LogP contribution in [0.4, 0.5) is 5.69 Å². The maximum Gasteiger partial charge on any atom is 0.286 e. The predicted octanol–water partition coefficient (Wildman–Crippen LogP) is 2.77. The zero-order valence-corrected chi connectivity index (χ0v) is 10.9. The van der Waals surface area contributed by atoms with E-state index in [1.54, 1.807) is 25.1 Å². The van der Waals surface area contributed by atoms with Crippen molar-refractivity contribution in [3.05, 3.63) is 73.1 Å². The molecule has 19 heavy (non-hydrogen) atoms. The zero-order valence-electron chi connectivity index (χ0n) is 10.2. The molecule has 2 rings (SSSR count). The highest BCUT2D eigenvalue weighted by Gasteiger charge is 2.11. The van der Waals surface area contributed by atoms with Crippen molar-refractivity contribution < 1.29 is 4.92 Å². The van der Waals surface area contributed by atoms with Crippen molar-refractivity contribution in [2.75, 3.05) is 0 Å². The molecule has 6 heteroatoms. The lowest BCUT2D eigenvalue weighted by Gasteiger charge is -2.07. The lowest BCUT2D eigenvalue weighted by Crippen LogP contribution is -2.22. The Bertz CT molecular complexity index is 695. The number of halogens is 1. The molecule has 0 saturated heterocycles. The molecule has 0 spiro atoms. The van der Waals surface area contributed by atoms with Crippen LogP contribution in [0.3, 0.4) is 0 Å². The van der Waals surface area contributed by atoms with Gasteiger partial charge in [-0.2, -0.15) is 0 Å². The third-order valence-electron chi connectivity index (χ3n) is 2.70. The van der Waals surface area contributed by atoms with Crippen LogP contribution in [0.5, 0.6) is 0 Å². The van der Waals surface area contributed by atoms with Crippen LogP contribution in [0.15, 0.2) is 41.3 Å². The normalized spacial score (nSPS) is 10.4. The second kappa shape index (κ2) is 5.24. The summed E-state index contributed by atoms with van der Waals surface area (Å²) >= 11 is 5.87. The zero-order chi connectivity index (χ0) is 14.0. The molecule has 0 radical (unpaired) electrons. The Kier molecular flexibility index (Phi) is 3.66. The van der Waals surface area contributed by atoms with E-state index in [9.17, 15) is 14.9 Å². The second-order valence-electron chi connectivity index (χ2n) is 4.20. The number of pyridine rings is 1. The molecule has 0 amide bonds. The summed E-state index contributed by atoms with van der Waals surface area (Å²) in [7, 11) is 0. The first kappa shape index (κ1) is 13.3. The lowest BCUT2D eigenvalue weighted by atomic mass is 10.2. The molecule has 1 heterocycles. The van der Waals surface area contributed by atoms with Crippen molar-refractivity contribution in [1.29, 1.82) is 0 Å². The largest absolute Gasteiger partial charge is 0.304 e. The number of hydrogen-bond acceptors (Lipinski definition) is 3. The minimum Gasteiger partial charge on any atom is -0.304 e. The van der Waals surface area contributed by atoms with Crippen molar-refractivity contribution in [3.8, 4) is 0 Å². The topological polar surface area (TPSA) is 65.1 Å². The third-order valence-corrected chi connectivity index (χ3v) is 2.94. The molecule has 0 aliphatic carbocycles. The highest BCUT2D eigenvalue weighted by molar-refractivity contribution is 6.30. The first-order chi connectivity index (χ1) is 8.97. The quantitative estimate of drug-likeness (QED) is 0.640. The minimum absolute atomic E-state index is 0.0980. The first-order valence-electron chi connectivity index (χ1n) is 5.57. The molecule has 0 unspecified atom stereocenters. The highest BCUT2D eigenvalue weighted by atomic mass is 35.5. The molecule has 0 atom stereocenters. The van der Waals surface area contributed by atoms with E-state index in [2.05, 4.69) is 0 Å². The average molecular weight is 279 g/mol. The summed E-state index contributed by atoms with van der Waals surface area (Å²) in [5, 5.41) is 11.4. The van der Waals surface area contributed by atoms with Gasteiger partial charge in [-0.05, 0) is 24.6 Å². The fourth-order valence-corrected chi connectivity index (χ4v) is 2.03. The molecule has 2 aromatic rings. The molecule has 98 valence electrons. The smallest absolute Gasteiger partial charge is 0.286 e. The van der Waals surface area contributed by atoms with Crippen molar-refractivity contribution in [2.45, 2.75) is 13.5 Å². The lowest BCUT2D eigenvalue weighted by molar-refractivity contribution is -0.385. The third kappa shape index (κ3) is 3.00. The van der Waals surface area contributed by atoms with Crippen molar-refractivity contribution in [1.82, 2.24) is 4.57 Å². The molecule has 0 fully saturated rings. The number of benzene rings is 1. The minimum atomic E-state index is -0.513. The Hall–Kier alpha value is -2.14. The Balaban J connectivity index is 2.45. The maximum absolute atomic E-state index is 11.9. The van der Waals surface area contributed by atoms with Gasteiger partial charge in [0.2, 0.25) is 0 Å². The van der Waals surface area contributed by atoms with Gasteiger partial charge in [0, 0.05) is 16.7 Å². The molecule has 1 aromatic carbocycles. The average Bonchev–Trinajstić information content (AvgIpc) is 2.34. The van der Waals surface area contributed by atoms with E-state index in [0.717, 1.165) is 5.56 Å². The van der Waals surface area contributed by atoms with Crippen molar-refractivity contribution in [3.63, 3.8) is 0 Å². The summed E-state index contributed by atoms with van der Waals surface area (Å²) in [5.41, 5.74) is 0.815. The summed E-state index contributed by atoms with van der Waals surface area (Å²) in [6.07, 6.45) is 1.25. The van der Waals surface area contributed by atoms with Crippen molar-refractivity contribution >= 4 is 17.3 Å². The van der Waals surface area contributed by atoms with Crippen molar-refractivity contribution in [2.24, 2.45) is 0 Å². The Labute approximate surface area is 114 Å². The van der Waals surface area contributed by atoms with Crippen LogP contribution in [0.1, 0.15) is 11.1 Å². The molecule has 0 bridgehead atoms. The van der Waals surface area contributed by atoms with Crippen LogP contribution in [-0.2, 0) is 6.54 Å². The number of nitrogens with zero attached hydrogens (tertiary/aromatic N) is 2. The summed E-state index contributed by atoms with van der Waals surface area (Å²) in [5.74, 6) is 0. The van der Waals surface area contributed by atoms with E-state index >= 15 is 0 Å². The van der Waals surface area contributed by atoms with Gasteiger partial charge in [-0.1, -0.05) is 23.7 Å². The van der Waals surface area contributed by atoms with E-state index in [1.165, 1.54) is 16.8 Å². The predicted molar refractivity (Wildman–Crippen MR) is 72.6 cm³/mol. The molecule has 5 nitrogen and oxygen atoms in total. The summed E-state index contributed by atoms with van der Waals surface area (Å²) in [6, 6.07) is 8.31. The van der Waals surface area contributed by atoms with Crippen LogP contribution < -0.4 is 5.56 Å². The number of hydrogen-bond donors (Lipinski definition) is 0. The van der Waals surface area contributed by atoms with Crippen LogP contribution >= 0.6 is 11.6 Å². The highest BCUT2D eigenvalue weighted by Crippen LogP contribution is 2.14. The van der Waals surface area contributed by atoms with Crippen LogP contribution in [0.25, 0.3) is 0 Å². The molecular formula is C13H11ClN2O3. The van der Waals surface area contributed by atoms with E-state index in [1.807, 2.05) is 6.07 Å². The van der Waals surface area contributed by atoms with Gasteiger partial charge in [-0.25, -0.2) is 0 Å². The summed E-state index contributed by atoms with van der Waals surface area (Å²) in [4.78, 5) is 22.2. The molecule has 0 saturated carbocycles. The number of aromatic nitrogens is 1. The first-order valence-corrected chi connectivity index (χ1v) is 5.95. The van der Waals surface area contributed by atoms with Gasteiger partial charge in [0.05, 0.1) is 17.7 Å². The monoisotopic (exact) mass is 278 g/mol. The summed E-state index contributed by atoms with van der Waals surface area (Å²) < 4.78 is 1.32. The molecular weight excluding hydrogens is 268 g/mol. The van der Waals surface area contributed by atoms with Gasteiger partial charge in [0.15, 0.2) is 0 Å². The number of aryl methyl sites for hydroxylation is 1. The van der Waals surface area contributed by atoms with Crippen LogP contribution in [-0.4, -0.2) is 9.49 Å². The van der Waals surface area contributed by atoms with Gasteiger partial charge in [-0.15, -0.1) is 0 Å². The standard InChI is InChI=1S/C13H11ClN2O3/c1-9-5-12(16(18)19)8-15(13(9)17)7-10-3-2-4-11(14)6-10/h2-6,8H,7H2,1H3. The molecule has 0 N–H and O–H groups in total. The van der Waals surface area contributed by atoms with E-state index in [4.69, 9.17) is 11.6 Å². The fourth-order valence-electron chi connectivity index (χ4n) is 1.81. The Morgan fingerprint density at radius 1 is 1.37 bits per heavy atom. The number of rotatable bonds is 3. The van der Waals surface area contributed by atoms with Gasteiger partial charge in [0.25, 0.3) is 11.2 Å². The second-order valence-corrected chi connectivity index (χ2v) is 4.64. The maximum atomic E-state index is 11.9. The van der Waals surface area contributed by atoms with Gasteiger partial charge < -0.3 is 4.57 Å². The Morgan fingerprint density at radius 3 is 2.74 bits per heavy atom. The number of nitro groups is 1. The Morgan fingerprint density at radius 2 is 2.11 bits per heavy atom. The molecule has 0 aliphatic heterocycles. The van der Waals surface area contributed by atoms with Gasteiger partial charge in [-0.3, -0.25) is 14.9 Å². The SMILES string of the molecule is Cc1cc([N+](=O)[O-])cn(Cc2cccc(Cl)c2)c1=O. The van der Waals surface area contributed by atoms with Gasteiger partial charge in [0.1, 0.15) is 0 Å². The summed E-state index contributed by atoms with van der Waals surface area (Å²) in [6.45, 7) is 1.81. The van der Waals surface area contributed by atoms with Crippen LogP contribution in [0, 0.1) is 17.0 Å². The van der Waals surface area contributed by atoms with E-state index < -0.39 is 4.92 Å². The van der Waals surface area contributed by atoms with Crippen LogP contribution in [0.2, 0.25) is 5.02 Å². The van der Waals surface area contributed by atoms with Gasteiger partial charge >= 0.3 is 0 Å². The van der Waals surface area contributed by atoms with E-state index in [0.29, 0.717) is 10.6 Å². The van der Waals surface area contributed by atoms with E-state index in [-0.39, 0.29) is 17.8 Å².